The molecule has 196 valence electrons. The summed E-state index contributed by atoms with van der Waals surface area (Å²) >= 11 is 0. The van der Waals surface area contributed by atoms with Gasteiger partial charge in [-0.1, -0.05) is 133 Å². The maximum Gasteiger partial charge on any atom is 0.136 e. The van der Waals surface area contributed by atoms with Crippen molar-refractivity contribution in [2.24, 2.45) is 0 Å². The van der Waals surface area contributed by atoms with Gasteiger partial charge in [-0.15, -0.1) is 0 Å². The van der Waals surface area contributed by atoms with Gasteiger partial charge in [0, 0.05) is 10.9 Å². The fraction of sp³-hybridized carbons (Fsp3) is 0.0244. The van der Waals surface area contributed by atoms with Gasteiger partial charge in [0.05, 0.1) is 5.41 Å². The molecule has 7 aromatic carbocycles. The van der Waals surface area contributed by atoms with Crippen molar-refractivity contribution in [2.45, 2.75) is 5.41 Å². The van der Waals surface area contributed by atoms with E-state index in [2.05, 4.69) is 152 Å². The molecule has 1 aliphatic carbocycles. The highest BCUT2D eigenvalue weighted by molar-refractivity contribution is 6.05. The fourth-order valence-electron chi connectivity index (χ4n) is 7.40. The van der Waals surface area contributed by atoms with Crippen molar-refractivity contribution in [1.82, 2.24) is 0 Å². The van der Waals surface area contributed by atoms with Gasteiger partial charge >= 0.3 is 0 Å². The van der Waals surface area contributed by atoms with E-state index in [9.17, 15) is 0 Å². The second-order valence-electron chi connectivity index (χ2n) is 11.3. The van der Waals surface area contributed by atoms with Crippen molar-refractivity contribution in [3.8, 4) is 44.9 Å². The van der Waals surface area contributed by atoms with Crippen molar-refractivity contribution in [1.29, 1.82) is 0 Å². The molecule has 0 radical (unpaired) electrons. The maximum atomic E-state index is 6.52. The highest BCUT2D eigenvalue weighted by Crippen LogP contribution is 2.56. The van der Waals surface area contributed by atoms with Gasteiger partial charge in [0.15, 0.2) is 0 Å². The largest absolute Gasteiger partial charge is 0.456 e. The molecule has 0 N–H and O–H groups in total. The molecule has 2 aliphatic rings. The molecule has 0 spiro atoms. The molecule has 0 saturated heterocycles. The van der Waals surface area contributed by atoms with E-state index in [-0.39, 0.29) is 0 Å². The molecule has 1 heteroatoms. The van der Waals surface area contributed by atoms with Crippen LogP contribution in [-0.4, -0.2) is 0 Å². The van der Waals surface area contributed by atoms with Crippen LogP contribution in [-0.2, 0) is 5.41 Å². The summed E-state index contributed by atoms with van der Waals surface area (Å²) in [7, 11) is 0. The zero-order valence-corrected chi connectivity index (χ0v) is 22.9. The predicted molar refractivity (Wildman–Crippen MR) is 172 cm³/mol. The van der Waals surface area contributed by atoms with E-state index in [1.807, 2.05) is 6.07 Å². The minimum absolute atomic E-state index is 0.418. The van der Waals surface area contributed by atoms with Crippen LogP contribution in [0.2, 0.25) is 0 Å². The van der Waals surface area contributed by atoms with Crippen molar-refractivity contribution < 1.29 is 4.74 Å². The lowest BCUT2D eigenvalue weighted by atomic mass is 9.67. The highest BCUT2D eigenvalue weighted by atomic mass is 16.5. The third kappa shape index (κ3) is 3.14. The Kier molecular flexibility index (Phi) is 4.88. The van der Waals surface area contributed by atoms with Gasteiger partial charge in [0.1, 0.15) is 11.5 Å². The lowest BCUT2D eigenvalue weighted by molar-refractivity contribution is 0.487. The lowest BCUT2D eigenvalue weighted by Gasteiger charge is -2.34. The van der Waals surface area contributed by atoms with Crippen LogP contribution in [0.3, 0.4) is 0 Å². The van der Waals surface area contributed by atoms with Crippen LogP contribution in [0.15, 0.2) is 158 Å². The first-order chi connectivity index (χ1) is 20.8. The van der Waals surface area contributed by atoms with Gasteiger partial charge < -0.3 is 4.74 Å². The summed E-state index contributed by atoms with van der Waals surface area (Å²) in [4.78, 5) is 0. The summed E-state index contributed by atoms with van der Waals surface area (Å²) < 4.78 is 6.52. The summed E-state index contributed by atoms with van der Waals surface area (Å²) in [5.74, 6) is 1.82. The molecule has 42 heavy (non-hydrogen) atoms. The first-order valence-corrected chi connectivity index (χ1v) is 14.5. The van der Waals surface area contributed by atoms with Gasteiger partial charge in [0.25, 0.3) is 0 Å². The second kappa shape index (κ2) is 8.80. The van der Waals surface area contributed by atoms with Gasteiger partial charge in [-0.05, 0) is 79.7 Å². The number of benzene rings is 7. The molecule has 0 unspecified atom stereocenters. The number of fused-ring (bicyclic) bond motifs is 5. The summed E-state index contributed by atoms with van der Waals surface area (Å²) in [6, 6.07) is 57.3. The molecule has 0 aromatic heterocycles. The molecule has 0 bridgehead atoms. The highest BCUT2D eigenvalue weighted by Gasteiger charge is 2.45. The Hall–Kier alpha value is -5.40. The maximum absolute atomic E-state index is 6.52. The molecule has 0 atom stereocenters. The van der Waals surface area contributed by atoms with E-state index in [4.69, 9.17) is 4.74 Å². The number of rotatable bonds is 3. The minimum Gasteiger partial charge on any atom is -0.456 e. The first kappa shape index (κ1) is 23.3. The Labute approximate surface area is 245 Å². The smallest absolute Gasteiger partial charge is 0.136 e. The van der Waals surface area contributed by atoms with Crippen LogP contribution in [0, 0.1) is 0 Å². The van der Waals surface area contributed by atoms with Gasteiger partial charge in [0.2, 0.25) is 0 Å². The molecule has 9 rings (SSSR count). The average molecular weight is 535 g/mol. The van der Waals surface area contributed by atoms with E-state index in [0.717, 1.165) is 22.6 Å². The van der Waals surface area contributed by atoms with Crippen molar-refractivity contribution in [2.75, 3.05) is 0 Å². The van der Waals surface area contributed by atoms with E-state index < -0.39 is 5.41 Å². The van der Waals surface area contributed by atoms with Gasteiger partial charge in [-0.2, -0.15) is 0 Å². The fourth-order valence-corrected chi connectivity index (χ4v) is 7.40. The topological polar surface area (TPSA) is 9.23 Å². The Morgan fingerprint density at radius 3 is 1.79 bits per heavy atom. The zero-order chi connectivity index (χ0) is 27.7. The van der Waals surface area contributed by atoms with Crippen LogP contribution < -0.4 is 4.74 Å². The summed E-state index contributed by atoms with van der Waals surface area (Å²) in [5.41, 5.74) is 12.1. The summed E-state index contributed by atoms with van der Waals surface area (Å²) in [6.07, 6.45) is 0. The van der Waals surface area contributed by atoms with Crippen molar-refractivity contribution in [3.63, 3.8) is 0 Å². The second-order valence-corrected chi connectivity index (χ2v) is 11.3. The van der Waals surface area contributed by atoms with Crippen LogP contribution in [0.1, 0.15) is 22.3 Å². The average Bonchev–Trinajstić information content (AvgIpc) is 3.36. The standard InChI is InChI=1S/C41H26O/c1-2-14-30(15-3-1)41(36-21-7-4-17-32(36)33-18-5-8-22-37(33)41)31-16-10-12-27(25-31)29-24-28-13-11-20-35-34-19-6-9-23-38(34)42-39(26-29)40(28)35/h1-26H. The molecule has 0 amide bonds. The van der Waals surface area contributed by atoms with Crippen LogP contribution in [0.4, 0.5) is 0 Å². The molecule has 0 fully saturated rings. The van der Waals surface area contributed by atoms with E-state index in [1.165, 1.54) is 55.3 Å². The predicted octanol–water partition coefficient (Wildman–Crippen LogP) is 10.6. The van der Waals surface area contributed by atoms with Crippen LogP contribution in [0.25, 0.3) is 44.2 Å². The Bertz CT molecular complexity index is 2130. The van der Waals surface area contributed by atoms with E-state index >= 15 is 0 Å². The lowest BCUT2D eigenvalue weighted by Crippen LogP contribution is -2.28. The number of ether oxygens (including phenoxy) is 1. The first-order valence-electron chi connectivity index (χ1n) is 14.5. The normalized spacial score (nSPS) is 13.6. The van der Waals surface area contributed by atoms with Crippen molar-refractivity contribution >= 4 is 10.8 Å². The molecule has 7 aromatic rings. The Morgan fingerprint density at radius 2 is 1.00 bits per heavy atom. The molecular formula is C41H26O. The van der Waals surface area contributed by atoms with Gasteiger partial charge in [-0.25, -0.2) is 0 Å². The number of hydrogen-bond acceptors (Lipinski definition) is 1. The van der Waals surface area contributed by atoms with Crippen LogP contribution in [0.5, 0.6) is 11.5 Å². The molecule has 0 saturated carbocycles. The third-order valence-electron chi connectivity index (χ3n) is 9.13. The Morgan fingerprint density at radius 1 is 0.381 bits per heavy atom. The SMILES string of the molecule is c1ccc(C2(c3cccc(-c4cc5c6c(cccc6c4)-c4ccccc4O5)c3)c3ccccc3-c3ccccc32)cc1. The Balaban J connectivity index is 1.29. The number of para-hydroxylation sites is 1. The van der Waals surface area contributed by atoms with E-state index in [1.54, 1.807) is 0 Å². The van der Waals surface area contributed by atoms with Crippen molar-refractivity contribution in [3.05, 3.63) is 180 Å². The van der Waals surface area contributed by atoms with Gasteiger partial charge in [-0.3, -0.25) is 0 Å². The minimum atomic E-state index is -0.418. The van der Waals surface area contributed by atoms with Crippen LogP contribution >= 0.6 is 0 Å². The zero-order valence-electron chi connectivity index (χ0n) is 22.9. The summed E-state index contributed by atoms with van der Waals surface area (Å²) in [5, 5.41) is 2.37. The molecule has 1 nitrogen and oxygen atoms in total. The molecule has 1 aliphatic heterocycles. The molecule has 1 heterocycles. The summed E-state index contributed by atoms with van der Waals surface area (Å²) in [6.45, 7) is 0. The number of hydrogen-bond donors (Lipinski definition) is 0. The molecular weight excluding hydrogens is 508 g/mol. The quantitative estimate of drug-likeness (QED) is 0.219. The third-order valence-corrected chi connectivity index (χ3v) is 9.13. The monoisotopic (exact) mass is 534 g/mol. The van der Waals surface area contributed by atoms with E-state index in [0.29, 0.717) is 0 Å².